The van der Waals surface area contributed by atoms with Crippen LogP contribution in [0, 0.1) is 0 Å². The van der Waals surface area contributed by atoms with Crippen LogP contribution in [0.15, 0.2) is 52.5 Å². The Balaban J connectivity index is 1.81. The Morgan fingerprint density at radius 3 is 2.64 bits per heavy atom. The van der Waals surface area contributed by atoms with Gasteiger partial charge in [-0.2, -0.15) is 0 Å². The maximum absolute atomic E-state index is 12.9. The van der Waals surface area contributed by atoms with Crippen LogP contribution in [-0.2, 0) is 11.8 Å². The fourth-order valence-corrected chi connectivity index (χ4v) is 3.75. The van der Waals surface area contributed by atoms with Crippen molar-refractivity contribution in [1.29, 1.82) is 0 Å². The molecule has 3 rings (SSSR count). The monoisotopic (exact) mass is 398 g/mol. The van der Waals surface area contributed by atoms with Crippen LogP contribution < -0.4 is 10.9 Å². The lowest BCUT2D eigenvalue weighted by Gasteiger charge is -2.18. The van der Waals surface area contributed by atoms with Gasteiger partial charge in [-0.1, -0.05) is 30.8 Å². The molecular formula is C20H22N4O3S. The van der Waals surface area contributed by atoms with E-state index in [4.69, 9.17) is 0 Å². The van der Waals surface area contributed by atoms with Crippen molar-refractivity contribution < 1.29 is 9.59 Å². The first kappa shape index (κ1) is 19.9. The van der Waals surface area contributed by atoms with Crippen LogP contribution in [0.2, 0.25) is 0 Å². The minimum Gasteiger partial charge on any atom is -0.347 e. The number of nitrogens with zero attached hydrogens (tertiary/aromatic N) is 3. The predicted octanol–water partition coefficient (Wildman–Crippen LogP) is 2.75. The van der Waals surface area contributed by atoms with Crippen LogP contribution in [0.5, 0.6) is 0 Å². The number of aryl methyl sites for hydroxylation is 1. The summed E-state index contributed by atoms with van der Waals surface area (Å²) in [5, 5.41) is 3.40. The summed E-state index contributed by atoms with van der Waals surface area (Å²) < 4.78 is 3.26. The van der Waals surface area contributed by atoms with Crippen molar-refractivity contribution in [2.24, 2.45) is 7.05 Å². The maximum atomic E-state index is 12.9. The van der Waals surface area contributed by atoms with Crippen LogP contribution in [0.3, 0.4) is 0 Å². The number of carbonyl (C=O) groups is 2. The standard InChI is InChI=1S/C20H22N4O3S/c1-4-13(2)24-19(27)14-8-5-6-9-15(14)21-20(24)28-12-17(25)22-18(26)16-10-7-11-23(16)3/h5-11,13H,4,12H2,1-3H3,(H,22,25,26)/t13-/m1/s1. The fraction of sp³-hybridized carbons (Fsp3) is 0.300. The molecule has 1 N–H and O–H groups in total. The SMILES string of the molecule is CC[C@@H](C)n1c(SCC(=O)NC(=O)c2cccn2C)nc2ccccc2c1=O. The molecule has 28 heavy (non-hydrogen) atoms. The number of imide groups is 1. The van der Waals surface area contributed by atoms with Gasteiger partial charge >= 0.3 is 0 Å². The van der Waals surface area contributed by atoms with E-state index < -0.39 is 11.8 Å². The number of fused-ring (bicyclic) bond motifs is 1. The first-order valence-electron chi connectivity index (χ1n) is 9.02. The Morgan fingerprint density at radius 1 is 1.21 bits per heavy atom. The number of thioether (sulfide) groups is 1. The Kier molecular flexibility index (Phi) is 5.99. The summed E-state index contributed by atoms with van der Waals surface area (Å²) in [4.78, 5) is 41.9. The lowest BCUT2D eigenvalue weighted by atomic mass is 10.2. The Hall–Kier alpha value is -2.87. The molecule has 1 atom stereocenters. The molecule has 2 heterocycles. The lowest BCUT2D eigenvalue weighted by molar-refractivity contribution is -0.117. The zero-order chi connectivity index (χ0) is 20.3. The number of aromatic nitrogens is 3. The maximum Gasteiger partial charge on any atom is 0.274 e. The minimum atomic E-state index is -0.455. The summed E-state index contributed by atoms with van der Waals surface area (Å²) in [5.41, 5.74) is 0.872. The molecule has 0 bridgehead atoms. The van der Waals surface area contributed by atoms with E-state index in [9.17, 15) is 14.4 Å². The quantitative estimate of drug-likeness (QED) is 0.510. The third kappa shape index (κ3) is 4.01. The minimum absolute atomic E-state index is 0.0165. The van der Waals surface area contributed by atoms with Crippen LogP contribution in [0.1, 0.15) is 36.8 Å². The van der Waals surface area contributed by atoms with Gasteiger partial charge in [0, 0.05) is 19.3 Å². The molecule has 0 radical (unpaired) electrons. The number of carbonyl (C=O) groups excluding carboxylic acids is 2. The molecule has 1 aromatic carbocycles. The predicted molar refractivity (Wildman–Crippen MR) is 110 cm³/mol. The molecule has 0 spiro atoms. The summed E-state index contributed by atoms with van der Waals surface area (Å²) in [5.74, 6) is -0.907. The molecule has 0 saturated carbocycles. The number of hydrogen-bond donors (Lipinski definition) is 1. The third-order valence-corrected chi connectivity index (χ3v) is 5.52. The zero-order valence-corrected chi connectivity index (χ0v) is 16.8. The van der Waals surface area contributed by atoms with Crippen LogP contribution in [0.4, 0.5) is 0 Å². The van der Waals surface area contributed by atoms with Crippen molar-refractivity contribution in [3.8, 4) is 0 Å². The molecule has 2 amide bonds. The number of hydrogen-bond acceptors (Lipinski definition) is 5. The van der Waals surface area contributed by atoms with E-state index in [1.54, 1.807) is 46.6 Å². The summed E-state index contributed by atoms with van der Waals surface area (Å²) in [6.07, 6.45) is 2.49. The van der Waals surface area contributed by atoms with Gasteiger partial charge in [0.15, 0.2) is 5.16 Å². The van der Waals surface area contributed by atoms with Gasteiger partial charge in [-0.05, 0) is 37.6 Å². The van der Waals surface area contributed by atoms with Crippen molar-refractivity contribution >= 4 is 34.5 Å². The van der Waals surface area contributed by atoms with Crippen molar-refractivity contribution in [2.45, 2.75) is 31.5 Å². The first-order chi connectivity index (χ1) is 13.4. The molecule has 0 aliphatic carbocycles. The van der Waals surface area contributed by atoms with E-state index in [-0.39, 0.29) is 17.4 Å². The van der Waals surface area contributed by atoms with E-state index >= 15 is 0 Å². The van der Waals surface area contributed by atoms with E-state index in [0.717, 1.165) is 18.2 Å². The second kappa shape index (κ2) is 8.43. The number of amides is 2. The van der Waals surface area contributed by atoms with Gasteiger partial charge in [0.2, 0.25) is 5.91 Å². The van der Waals surface area contributed by atoms with Crippen molar-refractivity contribution in [3.05, 3.63) is 58.6 Å². The molecule has 0 fully saturated rings. The second-order valence-electron chi connectivity index (χ2n) is 6.51. The molecule has 8 heteroatoms. The Morgan fingerprint density at radius 2 is 1.96 bits per heavy atom. The third-order valence-electron chi connectivity index (χ3n) is 4.57. The van der Waals surface area contributed by atoms with Crippen LogP contribution >= 0.6 is 11.8 Å². The molecule has 7 nitrogen and oxygen atoms in total. The number of benzene rings is 1. The van der Waals surface area contributed by atoms with Gasteiger partial charge < -0.3 is 4.57 Å². The molecule has 0 aliphatic heterocycles. The lowest BCUT2D eigenvalue weighted by Crippen LogP contribution is -2.33. The zero-order valence-electron chi connectivity index (χ0n) is 16.0. The van der Waals surface area contributed by atoms with Gasteiger partial charge in [-0.15, -0.1) is 0 Å². The number of rotatable bonds is 6. The summed E-state index contributed by atoms with van der Waals surface area (Å²) in [6, 6.07) is 10.5. The van der Waals surface area contributed by atoms with Gasteiger partial charge in [0.05, 0.1) is 16.7 Å². The van der Waals surface area contributed by atoms with Crippen molar-refractivity contribution in [3.63, 3.8) is 0 Å². The largest absolute Gasteiger partial charge is 0.347 e. The van der Waals surface area contributed by atoms with E-state index in [2.05, 4.69) is 10.3 Å². The average molecular weight is 398 g/mol. The van der Waals surface area contributed by atoms with E-state index in [1.165, 1.54) is 0 Å². The Labute approximate surface area is 166 Å². The van der Waals surface area contributed by atoms with E-state index in [0.29, 0.717) is 21.8 Å². The molecular weight excluding hydrogens is 376 g/mol. The fourth-order valence-electron chi connectivity index (χ4n) is 2.85. The van der Waals surface area contributed by atoms with Gasteiger partial charge in [0.25, 0.3) is 11.5 Å². The van der Waals surface area contributed by atoms with Crippen LogP contribution in [-0.4, -0.2) is 31.7 Å². The molecule has 0 aliphatic rings. The summed E-state index contributed by atoms with van der Waals surface area (Å²) in [6.45, 7) is 3.94. The molecule has 2 aromatic heterocycles. The van der Waals surface area contributed by atoms with Crippen molar-refractivity contribution in [1.82, 2.24) is 19.4 Å². The van der Waals surface area contributed by atoms with Crippen LogP contribution in [0.25, 0.3) is 10.9 Å². The second-order valence-corrected chi connectivity index (χ2v) is 7.46. The van der Waals surface area contributed by atoms with Gasteiger partial charge in [-0.3, -0.25) is 24.3 Å². The highest BCUT2D eigenvalue weighted by Crippen LogP contribution is 2.22. The highest BCUT2D eigenvalue weighted by atomic mass is 32.2. The number of para-hydroxylation sites is 1. The average Bonchev–Trinajstić information content (AvgIpc) is 3.12. The smallest absolute Gasteiger partial charge is 0.274 e. The normalized spacial score (nSPS) is 12.1. The molecule has 146 valence electrons. The highest BCUT2D eigenvalue weighted by Gasteiger charge is 2.18. The molecule has 3 aromatic rings. The Bertz CT molecular complexity index is 1090. The summed E-state index contributed by atoms with van der Waals surface area (Å²) >= 11 is 1.15. The highest BCUT2D eigenvalue weighted by molar-refractivity contribution is 7.99. The topological polar surface area (TPSA) is 86.0 Å². The number of nitrogens with one attached hydrogen (secondary N) is 1. The summed E-state index contributed by atoms with van der Waals surface area (Å²) in [7, 11) is 1.73. The van der Waals surface area contributed by atoms with Gasteiger partial charge in [-0.25, -0.2) is 4.98 Å². The van der Waals surface area contributed by atoms with E-state index in [1.807, 2.05) is 26.0 Å². The van der Waals surface area contributed by atoms with Gasteiger partial charge in [0.1, 0.15) is 5.69 Å². The first-order valence-corrected chi connectivity index (χ1v) is 10.0. The molecule has 0 saturated heterocycles. The molecule has 0 unspecified atom stereocenters. The van der Waals surface area contributed by atoms with Crippen molar-refractivity contribution in [2.75, 3.05) is 5.75 Å².